The predicted octanol–water partition coefficient (Wildman–Crippen LogP) is 4.57. The third-order valence-corrected chi connectivity index (χ3v) is 7.04. The maximum absolute atomic E-state index is 13.2. The molecule has 1 atom stereocenters. The topological polar surface area (TPSA) is 80.0 Å². The van der Waals surface area contributed by atoms with E-state index in [1.807, 2.05) is 41.3 Å². The van der Waals surface area contributed by atoms with Crippen molar-refractivity contribution in [1.29, 1.82) is 0 Å². The molecular formula is C28H34N4O2. The number of hydrogen-bond donors (Lipinski definition) is 2. The minimum Gasteiger partial charge on any atom is -0.456 e. The molecule has 3 aliphatic rings. The molecule has 1 unspecified atom stereocenters. The van der Waals surface area contributed by atoms with Gasteiger partial charge in [0.25, 0.3) is 0 Å². The third-order valence-electron chi connectivity index (χ3n) is 7.04. The van der Waals surface area contributed by atoms with Gasteiger partial charge >= 0.3 is 0 Å². The van der Waals surface area contributed by atoms with Crippen molar-refractivity contribution >= 4 is 17.3 Å². The maximum Gasteiger partial charge on any atom is 0.230 e. The number of nitrogens with zero attached hydrogens (tertiary/aromatic N) is 2. The van der Waals surface area contributed by atoms with Crippen LogP contribution in [-0.2, 0) is 11.2 Å². The Kier molecular flexibility index (Phi) is 6.68. The highest BCUT2D eigenvalue weighted by molar-refractivity contribution is 6.11. The van der Waals surface area contributed by atoms with Gasteiger partial charge in [0.05, 0.1) is 17.4 Å². The molecule has 6 heteroatoms. The Bertz CT molecular complexity index is 1090. The zero-order valence-corrected chi connectivity index (χ0v) is 19.9. The number of ether oxygens (including phenoxy) is 1. The standard InChI is InChI=1S/C28H34N4O2/c1-19-7-10-24-26(32(19)28(33)20-8-9-20)12-11-23(27(24)34-22-5-3-2-4-6-22)25(13-16-29)31-21-14-17-30-18-15-21/h2-6,11-13,16,19-21,30H,7-10,14-15,17-18,29H2,1H3. The Labute approximate surface area is 201 Å². The van der Waals surface area contributed by atoms with Crippen molar-refractivity contribution < 1.29 is 9.53 Å². The number of carbonyl (C=O) groups excluding carboxylic acids is 1. The van der Waals surface area contributed by atoms with Gasteiger partial charge in [-0.05, 0) is 95.1 Å². The highest BCUT2D eigenvalue weighted by Crippen LogP contribution is 2.44. The quantitative estimate of drug-likeness (QED) is 0.622. The summed E-state index contributed by atoms with van der Waals surface area (Å²) >= 11 is 0. The lowest BCUT2D eigenvalue weighted by molar-refractivity contribution is -0.120. The summed E-state index contributed by atoms with van der Waals surface area (Å²) in [5.41, 5.74) is 9.68. The number of rotatable bonds is 6. The molecule has 34 heavy (non-hydrogen) atoms. The van der Waals surface area contributed by atoms with Gasteiger partial charge in [0.1, 0.15) is 11.5 Å². The first-order valence-corrected chi connectivity index (χ1v) is 12.5. The molecular weight excluding hydrogens is 424 g/mol. The number of nitrogens with one attached hydrogen (secondary N) is 1. The highest BCUT2D eigenvalue weighted by atomic mass is 16.5. The van der Waals surface area contributed by atoms with E-state index >= 15 is 0 Å². The number of amides is 1. The Morgan fingerprint density at radius 1 is 1.09 bits per heavy atom. The first-order chi connectivity index (χ1) is 16.7. The fourth-order valence-electron chi connectivity index (χ4n) is 5.02. The normalized spacial score (nSPS) is 21.5. The monoisotopic (exact) mass is 458 g/mol. The van der Waals surface area contributed by atoms with E-state index in [4.69, 9.17) is 15.5 Å². The van der Waals surface area contributed by atoms with Gasteiger partial charge in [-0.1, -0.05) is 18.2 Å². The Morgan fingerprint density at radius 3 is 2.56 bits per heavy atom. The van der Waals surface area contributed by atoms with Crippen LogP contribution in [0, 0.1) is 5.92 Å². The van der Waals surface area contributed by atoms with Crippen molar-refractivity contribution in [2.75, 3.05) is 18.0 Å². The van der Waals surface area contributed by atoms with Crippen LogP contribution in [-0.4, -0.2) is 36.8 Å². The van der Waals surface area contributed by atoms with Crippen molar-refractivity contribution in [2.24, 2.45) is 16.6 Å². The average molecular weight is 459 g/mol. The van der Waals surface area contributed by atoms with E-state index in [0.29, 0.717) is 0 Å². The number of anilines is 1. The zero-order chi connectivity index (χ0) is 23.5. The molecule has 0 spiro atoms. The fraction of sp³-hybridized carbons (Fsp3) is 0.429. The SMILES string of the molecule is CC1CCc2c(ccc(C(C=CN)=NC3CCNCC3)c2Oc2ccccc2)N1C(=O)C1CC1. The van der Waals surface area contributed by atoms with Crippen LogP contribution < -0.4 is 20.7 Å². The van der Waals surface area contributed by atoms with Gasteiger partial charge < -0.3 is 20.7 Å². The maximum atomic E-state index is 13.2. The molecule has 5 rings (SSSR count). The van der Waals surface area contributed by atoms with E-state index in [-0.39, 0.29) is 23.9 Å². The van der Waals surface area contributed by atoms with Crippen molar-refractivity contribution in [2.45, 2.75) is 57.5 Å². The van der Waals surface area contributed by atoms with Gasteiger partial charge in [0.15, 0.2) is 0 Å². The van der Waals surface area contributed by atoms with Gasteiger partial charge in [-0.2, -0.15) is 0 Å². The van der Waals surface area contributed by atoms with Crippen LogP contribution >= 0.6 is 0 Å². The molecule has 2 aliphatic heterocycles. The number of para-hydroxylation sites is 1. The van der Waals surface area contributed by atoms with E-state index in [9.17, 15) is 4.79 Å². The molecule has 1 aliphatic carbocycles. The molecule has 0 bridgehead atoms. The molecule has 0 aromatic heterocycles. The number of piperidine rings is 1. The van der Waals surface area contributed by atoms with E-state index in [0.717, 1.165) is 85.6 Å². The molecule has 1 amide bonds. The van der Waals surface area contributed by atoms with E-state index in [1.54, 1.807) is 6.20 Å². The van der Waals surface area contributed by atoms with Crippen molar-refractivity contribution in [1.82, 2.24) is 5.32 Å². The number of nitrogens with two attached hydrogens (primary N) is 1. The molecule has 0 radical (unpaired) electrons. The Morgan fingerprint density at radius 2 is 1.85 bits per heavy atom. The van der Waals surface area contributed by atoms with Gasteiger partial charge in [-0.3, -0.25) is 9.79 Å². The van der Waals surface area contributed by atoms with Crippen LogP contribution in [0.2, 0.25) is 0 Å². The number of carbonyl (C=O) groups is 1. The van der Waals surface area contributed by atoms with E-state index in [1.165, 1.54) is 0 Å². The van der Waals surface area contributed by atoms with Crippen molar-refractivity contribution in [3.8, 4) is 11.5 Å². The second kappa shape index (κ2) is 10.0. The lowest BCUT2D eigenvalue weighted by Gasteiger charge is -2.37. The molecule has 178 valence electrons. The van der Waals surface area contributed by atoms with Crippen LogP contribution in [0.3, 0.4) is 0 Å². The zero-order valence-electron chi connectivity index (χ0n) is 19.9. The van der Waals surface area contributed by atoms with Crippen LogP contribution in [0.15, 0.2) is 59.7 Å². The van der Waals surface area contributed by atoms with Gasteiger partial charge in [-0.15, -0.1) is 0 Å². The molecule has 2 aromatic rings. The highest BCUT2D eigenvalue weighted by Gasteiger charge is 2.39. The number of allylic oxidation sites excluding steroid dienone is 1. The largest absolute Gasteiger partial charge is 0.456 e. The first-order valence-electron chi connectivity index (χ1n) is 12.5. The van der Waals surface area contributed by atoms with Crippen LogP contribution in [0.25, 0.3) is 0 Å². The summed E-state index contributed by atoms with van der Waals surface area (Å²) in [5, 5.41) is 3.40. The van der Waals surface area contributed by atoms with Crippen LogP contribution in [0.5, 0.6) is 11.5 Å². The minimum atomic E-state index is 0.170. The molecule has 1 saturated heterocycles. The summed E-state index contributed by atoms with van der Waals surface area (Å²) in [5.74, 6) is 1.98. The second-order valence-corrected chi connectivity index (χ2v) is 9.58. The first kappa shape index (κ1) is 22.7. The van der Waals surface area contributed by atoms with Gasteiger partial charge in [-0.25, -0.2) is 0 Å². The molecule has 1 saturated carbocycles. The molecule has 2 heterocycles. The second-order valence-electron chi connectivity index (χ2n) is 9.58. The summed E-state index contributed by atoms with van der Waals surface area (Å²) < 4.78 is 6.56. The molecule has 6 nitrogen and oxygen atoms in total. The lowest BCUT2D eigenvalue weighted by Crippen LogP contribution is -2.43. The molecule has 3 N–H and O–H groups in total. The number of benzene rings is 2. The summed E-state index contributed by atoms with van der Waals surface area (Å²) in [6.45, 7) is 4.10. The van der Waals surface area contributed by atoms with Gasteiger partial charge in [0, 0.05) is 23.1 Å². The number of aliphatic imine (C=N–C) groups is 1. The van der Waals surface area contributed by atoms with E-state index in [2.05, 4.69) is 24.4 Å². The smallest absolute Gasteiger partial charge is 0.230 e. The molecule has 2 fully saturated rings. The summed E-state index contributed by atoms with van der Waals surface area (Å²) in [4.78, 5) is 20.3. The summed E-state index contributed by atoms with van der Waals surface area (Å²) in [6, 6.07) is 14.4. The van der Waals surface area contributed by atoms with Crippen molar-refractivity contribution in [3.63, 3.8) is 0 Å². The Hall–Kier alpha value is -3.12. The van der Waals surface area contributed by atoms with Crippen LogP contribution in [0.1, 0.15) is 50.2 Å². The molecule has 2 aromatic carbocycles. The summed E-state index contributed by atoms with van der Waals surface area (Å²) in [6.07, 6.45) is 9.19. The number of hydrogen-bond acceptors (Lipinski definition) is 5. The lowest BCUT2D eigenvalue weighted by atomic mass is 9.91. The average Bonchev–Trinajstić information content (AvgIpc) is 3.71. The fourth-order valence-corrected chi connectivity index (χ4v) is 5.02. The van der Waals surface area contributed by atoms with E-state index < -0.39 is 0 Å². The Balaban J connectivity index is 1.62. The van der Waals surface area contributed by atoms with Crippen molar-refractivity contribution in [3.05, 3.63) is 65.9 Å². The number of fused-ring (bicyclic) bond motifs is 1. The minimum absolute atomic E-state index is 0.170. The summed E-state index contributed by atoms with van der Waals surface area (Å²) in [7, 11) is 0. The third kappa shape index (κ3) is 4.73. The van der Waals surface area contributed by atoms with Gasteiger partial charge in [0.2, 0.25) is 5.91 Å². The predicted molar refractivity (Wildman–Crippen MR) is 137 cm³/mol. The van der Waals surface area contributed by atoms with Crippen LogP contribution in [0.4, 0.5) is 5.69 Å².